The highest BCUT2D eigenvalue weighted by molar-refractivity contribution is 5.57. The van der Waals surface area contributed by atoms with E-state index in [-0.39, 0.29) is 0 Å². The Labute approximate surface area is 105 Å². The Morgan fingerprint density at radius 2 is 1.94 bits per heavy atom. The molecule has 3 atom stereocenters. The van der Waals surface area contributed by atoms with Crippen LogP contribution in [-0.2, 0) is 0 Å². The molecule has 0 radical (unpaired) electrons. The van der Waals surface area contributed by atoms with Gasteiger partial charge < -0.3 is 10.6 Å². The van der Waals surface area contributed by atoms with Crippen LogP contribution in [0.25, 0.3) is 0 Å². The summed E-state index contributed by atoms with van der Waals surface area (Å²) in [4.78, 5) is 2.52. The van der Waals surface area contributed by atoms with E-state index in [1.54, 1.807) is 0 Å². The molecule has 2 nitrogen and oxygen atoms in total. The molecule has 2 rings (SSSR count). The highest BCUT2D eigenvalue weighted by Gasteiger charge is 2.30. The Morgan fingerprint density at radius 3 is 2.65 bits per heavy atom. The van der Waals surface area contributed by atoms with Crippen molar-refractivity contribution < 1.29 is 0 Å². The Kier molecular flexibility index (Phi) is 3.43. The zero-order valence-electron chi connectivity index (χ0n) is 11.4. The summed E-state index contributed by atoms with van der Waals surface area (Å²) in [6.45, 7) is 10.0. The molecule has 2 heteroatoms. The van der Waals surface area contributed by atoms with Gasteiger partial charge in [0.1, 0.15) is 0 Å². The van der Waals surface area contributed by atoms with Gasteiger partial charge in [0.15, 0.2) is 0 Å². The minimum atomic E-state index is 0.353. The zero-order valence-corrected chi connectivity index (χ0v) is 11.4. The molecule has 0 spiro atoms. The van der Waals surface area contributed by atoms with E-state index in [0.717, 1.165) is 13.0 Å². The Balaban J connectivity index is 2.31. The highest BCUT2D eigenvalue weighted by atomic mass is 15.2. The van der Waals surface area contributed by atoms with Crippen LogP contribution in [0.3, 0.4) is 0 Å². The molecule has 3 unspecified atom stereocenters. The Hall–Kier alpha value is -1.02. The number of aryl methyl sites for hydroxylation is 1. The largest absolute Gasteiger partial charge is 0.368 e. The molecule has 0 bridgehead atoms. The lowest BCUT2D eigenvalue weighted by atomic mass is 9.87. The van der Waals surface area contributed by atoms with Gasteiger partial charge in [-0.05, 0) is 50.3 Å². The van der Waals surface area contributed by atoms with Gasteiger partial charge in [-0.25, -0.2) is 0 Å². The molecule has 1 fully saturated rings. The number of rotatable bonds is 1. The highest BCUT2D eigenvalue weighted by Crippen LogP contribution is 2.31. The van der Waals surface area contributed by atoms with Crippen molar-refractivity contribution in [3.8, 4) is 0 Å². The van der Waals surface area contributed by atoms with Gasteiger partial charge >= 0.3 is 0 Å². The second-order valence-corrected chi connectivity index (χ2v) is 5.46. The van der Waals surface area contributed by atoms with Crippen LogP contribution in [0.1, 0.15) is 31.4 Å². The van der Waals surface area contributed by atoms with Gasteiger partial charge in [0.25, 0.3) is 0 Å². The lowest BCUT2D eigenvalue weighted by Crippen LogP contribution is -2.52. The van der Waals surface area contributed by atoms with Crippen LogP contribution in [0, 0.1) is 19.8 Å². The van der Waals surface area contributed by atoms with Crippen molar-refractivity contribution in [1.29, 1.82) is 0 Å². The quantitative estimate of drug-likeness (QED) is 0.806. The molecule has 0 aliphatic carbocycles. The molecular weight excluding hydrogens is 208 g/mol. The molecule has 1 aliphatic heterocycles. The number of hydrogen-bond acceptors (Lipinski definition) is 2. The number of anilines is 1. The van der Waals surface area contributed by atoms with Crippen LogP contribution in [0.2, 0.25) is 0 Å². The number of hydrogen-bond donors (Lipinski definition) is 1. The summed E-state index contributed by atoms with van der Waals surface area (Å²) in [5.41, 5.74) is 10.3. The molecule has 94 valence electrons. The minimum absolute atomic E-state index is 0.353. The third-order valence-electron chi connectivity index (χ3n) is 4.52. The van der Waals surface area contributed by atoms with Gasteiger partial charge in [0.05, 0.1) is 0 Å². The standard InChI is InChI=1S/C15H24N2/c1-10-6-5-7-15(11(10)2)17-9-8-14(16)12(3)13(17)4/h5-7,12-14H,8-9,16H2,1-4H3. The number of benzene rings is 1. The van der Waals surface area contributed by atoms with Gasteiger partial charge in [-0.2, -0.15) is 0 Å². The molecule has 0 aromatic heterocycles. The summed E-state index contributed by atoms with van der Waals surface area (Å²) >= 11 is 0. The fourth-order valence-electron chi connectivity index (χ4n) is 2.78. The lowest BCUT2D eigenvalue weighted by Gasteiger charge is -2.43. The van der Waals surface area contributed by atoms with E-state index >= 15 is 0 Å². The molecular formula is C15H24N2. The molecule has 1 aliphatic rings. The zero-order chi connectivity index (χ0) is 12.6. The van der Waals surface area contributed by atoms with Crippen molar-refractivity contribution in [2.45, 2.75) is 46.2 Å². The van der Waals surface area contributed by atoms with E-state index in [9.17, 15) is 0 Å². The fourth-order valence-corrected chi connectivity index (χ4v) is 2.78. The maximum atomic E-state index is 6.15. The maximum Gasteiger partial charge on any atom is 0.0401 e. The van der Waals surface area contributed by atoms with Gasteiger partial charge in [-0.3, -0.25) is 0 Å². The average Bonchev–Trinajstić information content (AvgIpc) is 2.31. The van der Waals surface area contributed by atoms with Crippen molar-refractivity contribution >= 4 is 5.69 Å². The van der Waals surface area contributed by atoms with Crippen LogP contribution < -0.4 is 10.6 Å². The van der Waals surface area contributed by atoms with Crippen molar-refractivity contribution in [3.05, 3.63) is 29.3 Å². The second-order valence-electron chi connectivity index (χ2n) is 5.46. The summed E-state index contributed by atoms with van der Waals surface area (Å²) in [5, 5.41) is 0. The first-order valence-electron chi connectivity index (χ1n) is 6.60. The monoisotopic (exact) mass is 232 g/mol. The SMILES string of the molecule is Cc1cccc(N2CCC(N)C(C)C2C)c1C. The van der Waals surface area contributed by atoms with Crippen LogP contribution in [0.5, 0.6) is 0 Å². The van der Waals surface area contributed by atoms with E-state index in [1.165, 1.54) is 16.8 Å². The molecule has 0 amide bonds. The first-order chi connectivity index (χ1) is 8.02. The molecule has 1 aromatic carbocycles. The molecule has 2 N–H and O–H groups in total. The lowest BCUT2D eigenvalue weighted by molar-refractivity contribution is 0.315. The van der Waals surface area contributed by atoms with Crippen molar-refractivity contribution in [1.82, 2.24) is 0 Å². The third kappa shape index (κ3) is 2.19. The molecule has 1 aromatic rings. The molecule has 1 heterocycles. The Bertz CT molecular complexity index is 400. The Morgan fingerprint density at radius 1 is 1.24 bits per heavy atom. The normalized spacial score (nSPS) is 29.5. The number of nitrogens with zero attached hydrogens (tertiary/aromatic N) is 1. The number of nitrogens with two attached hydrogens (primary N) is 1. The van der Waals surface area contributed by atoms with E-state index in [0.29, 0.717) is 18.0 Å². The summed E-state index contributed by atoms with van der Waals surface area (Å²) in [5.74, 6) is 0.559. The van der Waals surface area contributed by atoms with Gasteiger partial charge in [-0.1, -0.05) is 19.1 Å². The third-order valence-corrected chi connectivity index (χ3v) is 4.52. The summed E-state index contributed by atoms with van der Waals surface area (Å²) in [6, 6.07) is 7.46. The predicted molar refractivity (Wildman–Crippen MR) is 74.5 cm³/mol. The average molecular weight is 232 g/mol. The van der Waals surface area contributed by atoms with E-state index < -0.39 is 0 Å². The first kappa shape index (κ1) is 12.4. The number of piperidine rings is 1. The fraction of sp³-hybridized carbons (Fsp3) is 0.600. The van der Waals surface area contributed by atoms with Crippen LogP contribution in [-0.4, -0.2) is 18.6 Å². The maximum absolute atomic E-state index is 6.15. The van der Waals surface area contributed by atoms with Gasteiger partial charge in [-0.15, -0.1) is 0 Å². The summed E-state index contributed by atoms with van der Waals surface area (Å²) < 4.78 is 0. The predicted octanol–water partition coefficient (Wildman–Crippen LogP) is 2.87. The smallest absolute Gasteiger partial charge is 0.0401 e. The van der Waals surface area contributed by atoms with Crippen LogP contribution >= 0.6 is 0 Å². The molecule has 1 saturated heterocycles. The molecule has 0 saturated carbocycles. The van der Waals surface area contributed by atoms with Gasteiger partial charge in [0, 0.05) is 24.3 Å². The van der Waals surface area contributed by atoms with E-state index in [2.05, 4.69) is 50.8 Å². The van der Waals surface area contributed by atoms with Gasteiger partial charge in [0.2, 0.25) is 0 Å². The van der Waals surface area contributed by atoms with Crippen molar-refractivity contribution in [2.75, 3.05) is 11.4 Å². The topological polar surface area (TPSA) is 29.3 Å². The second kappa shape index (κ2) is 4.69. The summed E-state index contributed by atoms with van der Waals surface area (Å²) in [7, 11) is 0. The van der Waals surface area contributed by atoms with E-state index in [1.807, 2.05) is 0 Å². The van der Waals surface area contributed by atoms with Crippen molar-refractivity contribution in [3.63, 3.8) is 0 Å². The minimum Gasteiger partial charge on any atom is -0.368 e. The van der Waals surface area contributed by atoms with Crippen LogP contribution in [0.15, 0.2) is 18.2 Å². The van der Waals surface area contributed by atoms with Crippen LogP contribution in [0.4, 0.5) is 5.69 Å². The first-order valence-corrected chi connectivity index (χ1v) is 6.60. The van der Waals surface area contributed by atoms with Crippen molar-refractivity contribution in [2.24, 2.45) is 11.7 Å². The molecule has 17 heavy (non-hydrogen) atoms. The summed E-state index contributed by atoms with van der Waals surface area (Å²) in [6.07, 6.45) is 1.10. The van der Waals surface area contributed by atoms with E-state index in [4.69, 9.17) is 5.73 Å².